The van der Waals surface area contributed by atoms with Gasteiger partial charge in [-0.15, -0.1) is 0 Å². The highest BCUT2D eigenvalue weighted by atomic mass is 16.5. The largest absolute Gasteiger partial charge is 0.497 e. The molecular weight excluding hydrogens is 312 g/mol. The molecule has 0 radical (unpaired) electrons. The van der Waals surface area contributed by atoms with Crippen LogP contribution < -0.4 is 9.64 Å². The van der Waals surface area contributed by atoms with E-state index in [1.165, 1.54) is 32.4 Å². The quantitative estimate of drug-likeness (QED) is 0.776. The zero-order valence-corrected chi connectivity index (χ0v) is 16.3. The van der Waals surface area contributed by atoms with Crippen LogP contribution in [0, 0.1) is 13.8 Å². The van der Waals surface area contributed by atoms with E-state index in [0.717, 1.165) is 53.0 Å². The Morgan fingerprint density at radius 3 is 2.32 bits per heavy atom. The number of rotatable bonds is 4. The first kappa shape index (κ1) is 18.2. The molecule has 2 aliphatic rings. The number of aryl methyl sites for hydroxylation is 2. The molecule has 1 unspecified atom stereocenters. The molecule has 1 aromatic carbocycles. The highest BCUT2D eigenvalue weighted by molar-refractivity contribution is 5.98. The molecule has 1 aromatic rings. The number of nitrogens with zero attached hydrogens (tertiary/aromatic N) is 2. The van der Waals surface area contributed by atoms with Crippen LogP contribution >= 0.6 is 0 Å². The smallest absolute Gasteiger partial charge is 0.285 e. The van der Waals surface area contributed by atoms with Gasteiger partial charge in [-0.05, 0) is 69.7 Å². The van der Waals surface area contributed by atoms with E-state index in [1.807, 2.05) is 12.1 Å². The van der Waals surface area contributed by atoms with Crippen molar-refractivity contribution in [2.75, 3.05) is 38.2 Å². The lowest BCUT2D eigenvalue weighted by molar-refractivity contribution is -0.945. The van der Waals surface area contributed by atoms with Gasteiger partial charge in [0.15, 0.2) is 6.04 Å². The molecule has 4 nitrogen and oxygen atoms in total. The summed E-state index contributed by atoms with van der Waals surface area (Å²) in [7, 11) is 1.70. The van der Waals surface area contributed by atoms with Crippen molar-refractivity contribution < 1.29 is 14.0 Å². The van der Waals surface area contributed by atoms with Gasteiger partial charge in [0.1, 0.15) is 5.75 Å². The maximum absolute atomic E-state index is 13.5. The van der Waals surface area contributed by atoms with Gasteiger partial charge in [0.05, 0.1) is 26.7 Å². The van der Waals surface area contributed by atoms with E-state index in [0.29, 0.717) is 5.91 Å². The predicted octanol–water partition coefficient (Wildman–Crippen LogP) is 3.83. The Balaban J connectivity index is 1.93. The van der Waals surface area contributed by atoms with Crippen molar-refractivity contribution in [3.63, 3.8) is 0 Å². The maximum atomic E-state index is 13.5. The molecule has 0 N–H and O–H groups in total. The fourth-order valence-electron chi connectivity index (χ4n) is 5.04. The summed E-state index contributed by atoms with van der Waals surface area (Å²) in [6, 6.07) is 4.23. The van der Waals surface area contributed by atoms with Gasteiger partial charge in [-0.1, -0.05) is 0 Å². The van der Waals surface area contributed by atoms with Crippen LogP contribution in [-0.4, -0.2) is 49.7 Å². The minimum atomic E-state index is 0.139. The van der Waals surface area contributed by atoms with E-state index >= 15 is 0 Å². The standard InChI is InChI=1S/C21H33N2O2/c1-5-23(12-7-6-8-13-23)19-10-9-11-22(21(19)24)20-16(2)14-18(25-4)15-17(20)3/h14-15,19H,5-13H2,1-4H3/q+1. The minimum absolute atomic E-state index is 0.139. The Kier molecular flexibility index (Phi) is 5.38. The first-order chi connectivity index (χ1) is 12.0. The minimum Gasteiger partial charge on any atom is -0.497 e. The third kappa shape index (κ3) is 3.29. The van der Waals surface area contributed by atoms with Gasteiger partial charge in [0, 0.05) is 18.7 Å². The fraction of sp³-hybridized carbons (Fsp3) is 0.667. The summed E-state index contributed by atoms with van der Waals surface area (Å²) in [6.07, 6.45) is 5.98. The lowest BCUT2D eigenvalue weighted by Crippen LogP contribution is -2.65. The van der Waals surface area contributed by atoms with Crippen molar-refractivity contribution >= 4 is 11.6 Å². The van der Waals surface area contributed by atoms with E-state index < -0.39 is 0 Å². The monoisotopic (exact) mass is 345 g/mol. The van der Waals surface area contributed by atoms with Gasteiger partial charge in [0.2, 0.25) is 0 Å². The van der Waals surface area contributed by atoms with Crippen LogP contribution in [-0.2, 0) is 4.79 Å². The predicted molar refractivity (Wildman–Crippen MR) is 102 cm³/mol. The van der Waals surface area contributed by atoms with E-state index in [4.69, 9.17) is 4.74 Å². The average Bonchev–Trinajstić information content (AvgIpc) is 2.63. The first-order valence-electron chi connectivity index (χ1n) is 9.85. The number of amides is 1. The number of carbonyl (C=O) groups excluding carboxylic acids is 1. The SMILES string of the molecule is CC[N+]1(C2CCCN(c3c(C)cc(OC)cc3C)C2=O)CCCCC1. The molecule has 0 spiro atoms. The van der Waals surface area contributed by atoms with Gasteiger partial charge >= 0.3 is 0 Å². The summed E-state index contributed by atoms with van der Waals surface area (Å²) in [5, 5.41) is 0. The molecule has 138 valence electrons. The normalized spacial score (nSPS) is 23.6. The van der Waals surface area contributed by atoms with Crippen LogP contribution in [0.5, 0.6) is 5.75 Å². The van der Waals surface area contributed by atoms with Crippen LogP contribution in [0.4, 0.5) is 5.69 Å². The molecule has 3 rings (SSSR count). The summed E-state index contributed by atoms with van der Waals surface area (Å²) < 4.78 is 6.39. The Morgan fingerprint density at radius 1 is 1.12 bits per heavy atom. The topological polar surface area (TPSA) is 29.5 Å². The van der Waals surface area contributed by atoms with E-state index in [9.17, 15) is 4.79 Å². The lowest BCUT2D eigenvalue weighted by atomic mass is 9.94. The zero-order chi connectivity index (χ0) is 18.0. The molecule has 0 saturated carbocycles. The number of likely N-dealkylation sites (tertiary alicyclic amines) is 1. The number of ether oxygens (including phenoxy) is 1. The second-order valence-electron chi connectivity index (χ2n) is 7.80. The molecule has 1 atom stereocenters. The van der Waals surface area contributed by atoms with Crippen LogP contribution in [0.2, 0.25) is 0 Å². The molecule has 2 saturated heterocycles. The number of quaternary nitrogens is 1. The molecule has 2 fully saturated rings. The molecule has 25 heavy (non-hydrogen) atoms. The molecule has 0 aliphatic carbocycles. The maximum Gasteiger partial charge on any atom is 0.285 e. The summed E-state index contributed by atoms with van der Waals surface area (Å²) in [5.74, 6) is 1.21. The molecule has 2 aliphatic heterocycles. The number of hydrogen-bond acceptors (Lipinski definition) is 2. The Hall–Kier alpha value is -1.55. The molecule has 1 amide bonds. The van der Waals surface area contributed by atoms with Crippen molar-refractivity contribution in [2.45, 2.75) is 58.9 Å². The average molecular weight is 346 g/mol. The third-order valence-corrected chi connectivity index (χ3v) is 6.38. The van der Waals surface area contributed by atoms with E-state index in [-0.39, 0.29) is 6.04 Å². The number of carbonyl (C=O) groups is 1. The number of hydrogen-bond donors (Lipinski definition) is 0. The van der Waals surface area contributed by atoms with Gasteiger partial charge in [-0.25, -0.2) is 0 Å². The van der Waals surface area contributed by atoms with E-state index in [2.05, 4.69) is 25.7 Å². The summed E-state index contributed by atoms with van der Waals surface area (Å²) >= 11 is 0. The highest BCUT2D eigenvalue weighted by Gasteiger charge is 2.45. The van der Waals surface area contributed by atoms with Crippen LogP contribution in [0.1, 0.15) is 50.2 Å². The molecule has 0 bridgehead atoms. The summed E-state index contributed by atoms with van der Waals surface area (Å²) in [6.45, 7) is 10.7. The Bertz CT molecular complexity index is 612. The Morgan fingerprint density at radius 2 is 1.76 bits per heavy atom. The molecule has 4 heteroatoms. The van der Waals surface area contributed by atoms with Crippen LogP contribution in [0.15, 0.2) is 12.1 Å². The second-order valence-corrected chi connectivity index (χ2v) is 7.80. The summed E-state index contributed by atoms with van der Waals surface area (Å²) in [5.41, 5.74) is 3.36. The number of methoxy groups -OCH3 is 1. The number of anilines is 1. The molecule has 0 aromatic heterocycles. The van der Waals surface area contributed by atoms with Crippen molar-refractivity contribution in [3.8, 4) is 5.75 Å². The number of benzene rings is 1. The van der Waals surface area contributed by atoms with Gasteiger partial charge in [-0.2, -0.15) is 0 Å². The fourth-order valence-corrected chi connectivity index (χ4v) is 5.04. The van der Waals surface area contributed by atoms with Gasteiger partial charge in [0.25, 0.3) is 5.91 Å². The van der Waals surface area contributed by atoms with Crippen molar-refractivity contribution in [2.24, 2.45) is 0 Å². The second kappa shape index (κ2) is 7.36. The molecule has 2 heterocycles. The first-order valence-corrected chi connectivity index (χ1v) is 9.85. The third-order valence-electron chi connectivity index (χ3n) is 6.38. The summed E-state index contributed by atoms with van der Waals surface area (Å²) in [4.78, 5) is 15.6. The number of likely N-dealkylation sites (N-methyl/N-ethyl adjacent to an activating group) is 1. The van der Waals surface area contributed by atoms with Gasteiger partial charge < -0.3 is 14.1 Å². The van der Waals surface area contributed by atoms with Crippen LogP contribution in [0.3, 0.4) is 0 Å². The van der Waals surface area contributed by atoms with Crippen molar-refractivity contribution in [3.05, 3.63) is 23.3 Å². The Labute approximate surface area is 152 Å². The van der Waals surface area contributed by atoms with Crippen LogP contribution in [0.25, 0.3) is 0 Å². The highest BCUT2D eigenvalue weighted by Crippen LogP contribution is 2.35. The van der Waals surface area contributed by atoms with E-state index in [1.54, 1.807) is 7.11 Å². The van der Waals surface area contributed by atoms with Gasteiger partial charge in [-0.3, -0.25) is 4.79 Å². The van der Waals surface area contributed by atoms with Crippen molar-refractivity contribution in [1.82, 2.24) is 0 Å². The zero-order valence-electron chi connectivity index (χ0n) is 16.3. The lowest BCUT2D eigenvalue weighted by Gasteiger charge is -2.49. The molecular formula is C21H33N2O2+. The van der Waals surface area contributed by atoms with Crippen molar-refractivity contribution in [1.29, 1.82) is 0 Å². The number of piperidine rings is 2.